The molecule has 73 heavy (non-hydrogen) atoms. The Hall–Kier alpha value is -7.33. The van der Waals surface area contributed by atoms with Crippen molar-refractivity contribution in [3.8, 4) is 0 Å². The highest BCUT2D eigenvalue weighted by molar-refractivity contribution is 5.98. The van der Waals surface area contributed by atoms with E-state index in [1.54, 1.807) is 0 Å². The predicted octanol–water partition coefficient (Wildman–Crippen LogP) is -18.0. The van der Waals surface area contributed by atoms with E-state index in [0.29, 0.717) is 0 Å². The molecular formula is C36H61N13O24. The number of rotatable bonds is 35. The number of carbonyl (C=O) groups is 13. The van der Waals surface area contributed by atoms with Crippen LogP contribution in [0.15, 0.2) is 0 Å². The number of carboxylic acid groups (broad SMARTS) is 1. The second kappa shape index (κ2) is 34.9. The Morgan fingerprint density at radius 3 is 0.671 bits per heavy atom. The van der Waals surface area contributed by atoms with Crippen LogP contribution < -0.4 is 69.5 Å². The SMILES string of the molecule is N[C@@H](CO)C(=O)NCC(=O)N[C@@H](CO)C(=O)N[C@@H](CO)C(=O)N[C@@H](CO)C(=O)N[C@@H](CO)C(=O)NCC(=O)N[C@@H](CO)C(=O)N[C@@H](CO)C(=O)N[C@@H](CO)C(=O)N[C@@H](CO)C(=O)NCC(=O)N[C@@H](CO)C(=O)O. The van der Waals surface area contributed by atoms with Gasteiger partial charge in [-0.25, -0.2) is 4.79 Å². The fraction of sp³-hybridized carbons (Fsp3) is 0.639. The maximum atomic E-state index is 12.9. The first kappa shape index (κ1) is 65.7. The van der Waals surface area contributed by atoms with Crippen LogP contribution in [-0.4, -0.2) is 279 Å². The van der Waals surface area contributed by atoms with Gasteiger partial charge in [-0.3, -0.25) is 57.5 Å². The van der Waals surface area contributed by atoms with Crippen molar-refractivity contribution in [2.24, 2.45) is 5.73 Å². The van der Waals surface area contributed by atoms with Gasteiger partial charge >= 0.3 is 5.97 Å². The van der Waals surface area contributed by atoms with Crippen LogP contribution in [0.5, 0.6) is 0 Å². The summed E-state index contributed by atoms with van der Waals surface area (Å²) in [7, 11) is 0. The Balaban J connectivity index is 5.37. The zero-order chi connectivity index (χ0) is 56.0. The number of hydrogen-bond acceptors (Lipinski definition) is 24. The van der Waals surface area contributed by atoms with Crippen LogP contribution in [0.4, 0.5) is 0 Å². The van der Waals surface area contributed by atoms with Crippen molar-refractivity contribution in [1.29, 1.82) is 0 Å². The van der Waals surface area contributed by atoms with E-state index in [4.69, 9.17) is 21.1 Å². The first-order chi connectivity index (χ1) is 34.4. The highest BCUT2D eigenvalue weighted by Crippen LogP contribution is 1.97. The number of amides is 12. The average Bonchev–Trinajstić information content (AvgIpc) is 3.37. The van der Waals surface area contributed by atoms with Crippen LogP contribution in [0.1, 0.15) is 0 Å². The van der Waals surface area contributed by atoms with Crippen molar-refractivity contribution in [2.75, 3.05) is 85.7 Å². The third kappa shape index (κ3) is 23.6. The molecule has 0 rings (SSSR count). The molecule has 0 aliphatic rings. The summed E-state index contributed by atoms with van der Waals surface area (Å²) in [5.41, 5.74) is 5.29. The molecule has 10 atom stereocenters. The van der Waals surface area contributed by atoms with Gasteiger partial charge in [-0.1, -0.05) is 0 Å². The summed E-state index contributed by atoms with van der Waals surface area (Å²) < 4.78 is 0. The molecule has 0 aromatic heterocycles. The first-order valence-electron chi connectivity index (χ1n) is 21.1. The van der Waals surface area contributed by atoms with Gasteiger partial charge in [-0.05, 0) is 0 Å². The Bertz CT molecular complexity index is 1930. The Kier molecular flexibility index (Phi) is 31.4. The summed E-state index contributed by atoms with van der Waals surface area (Å²) in [4.78, 5) is 161. The van der Waals surface area contributed by atoms with Crippen LogP contribution >= 0.6 is 0 Å². The van der Waals surface area contributed by atoms with Crippen LogP contribution in [-0.2, 0) is 62.3 Å². The van der Waals surface area contributed by atoms with E-state index in [2.05, 4.69) is 0 Å². The molecule has 25 N–H and O–H groups in total. The molecule has 0 unspecified atom stereocenters. The number of hydrogen-bond donors (Lipinski definition) is 24. The lowest BCUT2D eigenvalue weighted by Gasteiger charge is -2.24. The summed E-state index contributed by atoms with van der Waals surface area (Å²) in [6, 6.07) is -18.3. The Morgan fingerprint density at radius 2 is 0.466 bits per heavy atom. The molecule has 0 saturated carbocycles. The van der Waals surface area contributed by atoms with E-state index in [9.17, 15) is 103 Å². The largest absolute Gasteiger partial charge is 0.480 e. The topological polar surface area (TPSA) is 615 Å². The first-order valence-corrected chi connectivity index (χ1v) is 21.1. The van der Waals surface area contributed by atoms with E-state index in [1.807, 2.05) is 63.8 Å². The highest BCUT2D eigenvalue weighted by atomic mass is 16.4. The maximum absolute atomic E-state index is 12.9. The zero-order valence-electron chi connectivity index (χ0n) is 38.3. The van der Waals surface area contributed by atoms with Crippen molar-refractivity contribution in [2.45, 2.75) is 60.4 Å². The van der Waals surface area contributed by atoms with Gasteiger partial charge in [0.05, 0.1) is 85.7 Å². The lowest BCUT2D eigenvalue weighted by molar-refractivity contribution is -0.143. The molecular weight excluding hydrogens is 998 g/mol. The molecule has 37 heteroatoms. The van der Waals surface area contributed by atoms with Crippen molar-refractivity contribution in [1.82, 2.24) is 63.8 Å². The highest BCUT2D eigenvalue weighted by Gasteiger charge is 2.33. The standard InChI is InChI=1S/C36H61N13O24/c37-14(4-50)27(63)38-1-24(60)41-17(7-53)30(66)46-21(11-57)34(70)48-19(9-55)32(68)44-15(5-51)28(64)39-2-25(61)42-18(8-54)31(67)47-22(12-58)35(71)49-20(10-56)33(69)45-16(6-52)29(65)40-3-26(62)43-23(13-59)36(72)73/h14-23,50-59H,1-13,37H2,(H,38,63)(H,39,64)(H,40,65)(H,41,60)(H,42,61)(H,43,62)(H,44,68)(H,45,69)(H,46,66)(H,47,67)(H,48,70)(H,49,71)(H,72,73)/t14-,15-,16-,17-,18-,19-,20-,21-,22-,23-/m0/s1. The Morgan fingerprint density at radius 1 is 0.274 bits per heavy atom. The number of carboxylic acids is 1. The van der Waals surface area contributed by atoms with Crippen LogP contribution in [0.3, 0.4) is 0 Å². The molecule has 0 fully saturated rings. The van der Waals surface area contributed by atoms with E-state index in [1.165, 1.54) is 0 Å². The van der Waals surface area contributed by atoms with Gasteiger partial charge in [-0.15, -0.1) is 0 Å². The Labute approximate surface area is 410 Å². The molecule has 414 valence electrons. The van der Waals surface area contributed by atoms with Gasteiger partial charge in [0.1, 0.15) is 60.4 Å². The lowest BCUT2D eigenvalue weighted by atomic mass is 10.2. The third-order valence-electron chi connectivity index (χ3n) is 9.18. The van der Waals surface area contributed by atoms with E-state index in [-0.39, 0.29) is 0 Å². The molecule has 0 bridgehead atoms. The molecule has 0 aromatic carbocycles. The number of aliphatic hydroxyl groups excluding tert-OH is 10. The van der Waals surface area contributed by atoms with Crippen LogP contribution in [0.2, 0.25) is 0 Å². The smallest absolute Gasteiger partial charge is 0.328 e. The summed E-state index contributed by atoms with van der Waals surface area (Å²) in [5.74, 6) is -16.4. The van der Waals surface area contributed by atoms with Gasteiger partial charge in [-0.2, -0.15) is 0 Å². The zero-order valence-corrected chi connectivity index (χ0v) is 38.3. The summed E-state index contributed by atoms with van der Waals surface area (Å²) in [6.45, 7) is -13.7. The lowest BCUT2D eigenvalue weighted by Crippen LogP contribution is -2.61. The number of nitrogens with one attached hydrogen (secondary N) is 12. The predicted molar refractivity (Wildman–Crippen MR) is 233 cm³/mol. The average molecular weight is 1060 g/mol. The molecule has 0 saturated heterocycles. The minimum Gasteiger partial charge on any atom is -0.480 e. The van der Waals surface area contributed by atoms with E-state index in [0.717, 1.165) is 0 Å². The molecule has 0 spiro atoms. The fourth-order valence-electron chi connectivity index (χ4n) is 5.07. The van der Waals surface area contributed by atoms with Crippen molar-refractivity contribution >= 4 is 76.9 Å². The van der Waals surface area contributed by atoms with Crippen molar-refractivity contribution in [3.63, 3.8) is 0 Å². The molecule has 0 aliphatic heterocycles. The number of aliphatic hydroxyl groups is 10. The van der Waals surface area contributed by atoms with Crippen LogP contribution in [0.25, 0.3) is 0 Å². The fourth-order valence-corrected chi connectivity index (χ4v) is 5.07. The summed E-state index contributed by atoms with van der Waals surface area (Å²) in [6.07, 6.45) is 0. The number of nitrogens with two attached hydrogens (primary N) is 1. The van der Waals surface area contributed by atoms with Gasteiger partial charge in [0.2, 0.25) is 70.9 Å². The second-order valence-electron chi connectivity index (χ2n) is 14.7. The minimum absolute atomic E-state index is 0.751. The van der Waals surface area contributed by atoms with Gasteiger partial charge < -0.3 is 126 Å². The minimum atomic E-state index is -1.97. The molecule has 0 aliphatic carbocycles. The van der Waals surface area contributed by atoms with Crippen molar-refractivity contribution in [3.05, 3.63) is 0 Å². The molecule has 12 amide bonds. The maximum Gasteiger partial charge on any atom is 0.328 e. The molecule has 37 nitrogen and oxygen atoms in total. The van der Waals surface area contributed by atoms with Crippen molar-refractivity contribution < 1.29 is 119 Å². The van der Waals surface area contributed by atoms with Crippen LogP contribution in [0, 0.1) is 0 Å². The normalized spacial score (nSPS) is 14.9. The van der Waals surface area contributed by atoms with E-state index >= 15 is 0 Å². The number of carbonyl (C=O) groups excluding carboxylic acids is 12. The van der Waals surface area contributed by atoms with Gasteiger partial charge in [0, 0.05) is 0 Å². The molecule has 0 radical (unpaired) electrons. The van der Waals surface area contributed by atoms with Gasteiger partial charge in [0.25, 0.3) is 0 Å². The second-order valence-corrected chi connectivity index (χ2v) is 14.7. The number of aliphatic carboxylic acids is 1. The molecule has 0 aromatic rings. The third-order valence-corrected chi connectivity index (χ3v) is 9.18. The molecule has 0 heterocycles. The van der Waals surface area contributed by atoms with E-state index < -0.39 is 223 Å². The quantitative estimate of drug-likeness (QED) is 0.0280. The monoisotopic (exact) mass is 1060 g/mol. The summed E-state index contributed by atoms with van der Waals surface area (Å²) in [5, 5.41) is 128. The van der Waals surface area contributed by atoms with Gasteiger partial charge in [0.15, 0.2) is 0 Å². The summed E-state index contributed by atoms with van der Waals surface area (Å²) >= 11 is 0.